The van der Waals surface area contributed by atoms with Crippen LogP contribution in [0.5, 0.6) is 5.75 Å². The number of nitrogens with one attached hydrogen (secondary N) is 2. The molecule has 0 unspecified atom stereocenters. The topological polar surface area (TPSA) is 62.7 Å². The number of aryl methyl sites for hydroxylation is 2. The molecule has 0 radical (unpaired) electrons. The van der Waals surface area contributed by atoms with E-state index >= 15 is 0 Å². The fourth-order valence-corrected chi connectivity index (χ4v) is 3.55. The van der Waals surface area contributed by atoms with Crippen LogP contribution < -0.4 is 15.5 Å². The predicted octanol–water partition coefficient (Wildman–Crippen LogP) is 6.00. The van der Waals surface area contributed by atoms with E-state index in [1.807, 2.05) is 80.6 Å². The van der Waals surface area contributed by atoms with Crippen molar-refractivity contribution in [2.75, 3.05) is 5.32 Å². The number of anilines is 1. The van der Waals surface area contributed by atoms with Crippen LogP contribution in [0.4, 0.5) is 5.69 Å². The molecule has 0 aliphatic carbocycles. The van der Waals surface area contributed by atoms with Gasteiger partial charge in [-0.15, -0.1) is 0 Å². The lowest BCUT2D eigenvalue weighted by Crippen LogP contribution is -2.23. The van der Waals surface area contributed by atoms with E-state index in [4.69, 9.17) is 17.0 Å². The van der Waals surface area contributed by atoms with Crippen LogP contribution in [0.2, 0.25) is 0 Å². The van der Waals surface area contributed by atoms with E-state index in [-0.39, 0.29) is 0 Å². The Hall–Kier alpha value is -4.03. The highest BCUT2D eigenvalue weighted by Gasteiger charge is 2.13. The summed E-state index contributed by atoms with van der Waals surface area (Å²) in [7, 11) is 0. The molecule has 0 aromatic heterocycles. The van der Waals surface area contributed by atoms with Crippen LogP contribution in [0.15, 0.2) is 90.0 Å². The van der Waals surface area contributed by atoms with Crippen molar-refractivity contribution in [2.45, 2.75) is 13.8 Å². The summed E-state index contributed by atoms with van der Waals surface area (Å²) in [6.07, 6.45) is 1.62. The Morgan fingerprint density at radius 3 is 2.48 bits per heavy atom. The van der Waals surface area contributed by atoms with Gasteiger partial charge in [-0.05, 0) is 72.7 Å². The summed E-state index contributed by atoms with van der Waals surface area (Å²) in [5.41, 5.74) is 7.07. The minimum absolute atomic E-state index is 0.357. The highest BCUT2D eigenvalue weighted by atomic mass is 32.1. The number of benzene rings is 4. The second kappa shape index (κ2) is 10.1. The highest BCUT2D eigenvalue weighted by Crippen LogP contribution is 2.27. The molecule has 0 atom stereocenters. The summed E-state index contributed by atoms with van der Waals surface area (Å²) in [5.74, 6) is -0.00749. The second-order valence-electron chi connectivity index (χ2n) is 7.65. The van der Waals surface area contributed by atoms with Gasteiger partial charge in [0.15, 0.2) is 5.11 Å². The number of hydrazone groups is 1. The van der Waals surface area contributed by atoms with Gasteiger partial charge in [0, 0.05) is 11.3 Å². The second-order valence-corrected chi connectivity index (χ2v) is 8.06. The molecular weight excluding hydrogens is 430 g/mol. The van der Waals surface area contributed by atoms with E-state index in [0.717, 1.165) is 27.6 Å². The van der Waals surface area contributed by atoms with Crippen LogP contribution in [0.25, 0.3) is 10.8 Å². The van der Waals surface area contributed by atoms with E-state index in [2.05, 4.69) is 15.8 Å². The molecule has 0 amide bonds. The Morgan fingerprint density at radius 2 is 1.70 bits per heavy atom. The molecule has 0 aliphatic heterocycles. The maximum Gasteiger partial charge on any atom is 0.343 e. The van der Waals surface area contributed by atoms with Crippen molar-refractivity contribution < 1.29 is 9.53 Å². The lowest BCUT2D eigenvalue weighted by Gasteiger charge is -2.11. The van der Waals surface area contributed by atoms with Crippen molar-refractivity contribution in [1.82, 2.24) is 5.43 Å². The molecular formula is C27H23N3O2S. The highest BCUT2D eigenvalue weighted by molar-refractivity contribution is 7.80. The van der Waals surface area contributed by atoms with Crippen LogP contribution in [-0.2, 0) is 0 Å². The van der Waals surface area contributed by atoms with E-state index in [0.29, 0.717) is 22.0 Å². The summed E-state index contributed by atoms with van der Waals surface area (Å²) in [5, 5.41) is 9.67. The van der Waals surface area contributed by atoms with Gasteiger partial charge in [-0.1, -0.05) is 60.2 Å². The third kappa shape index (κ3) is 5.61. The Labute approximate surface area is 198 Å². The van der Waals surface area contributed by atoms with Crippen LogP contribution in [0, 0.1) is 13.8 Å². The lowest BCUT2D eigenvalue weighted by atomic mass is 10.0. The summed E-state index contributed by atoms with van der Waals surface area (Å²) in [6.45, 7) is 3.98. The Morgan fingerprint density at radius 1 is 0.909 bits per heavy atom. The SMILES string of the molecule is Cc1ccc(C(=O)Oc2ccc3ccccc3c2C=NNC(=S)Nc2cccc(C)c2)cc1. The molecule has 4 aromatic carbocycles. The van der Waals surface area contributed by atoms with E-state index < -0.39 is 5.97 Å². The van der Waals surface area contributed by atoms with Gasteiger partial charge in [0.1, 0.15) is 5.75 Å². The molecule has 0 spiro atoms. The van der Waals surface area contributed by atoms with E-state index in [1.54, 1.807) is 24.4 Å². The number of hydrogen-bond donors (Lipinski definition) is 2. The molecule has 0 heterocycles. The zero-order chi connectivity index (χ0) is 23.2. The molecule has 2 N–H and O–H groups in total. The number of hydrogen-bond acceptors (Lipinski definition) is 4. The normalized spacial score (nSPS) is 10.8. The first-order valence-electron chi connectivity index (χ1n) is 10.5. The first kappa shape index (κ1) is 22.2. The van der Waals surface area contributed by atoms with Crippen LogP contribution in [-0.4, -0.2) is 17.3 Å². The first-order chi connectivity index (χ1) is 16.0. The number of carbonyl (C=O) groups is 1. The molecule has 0 fully saturated rings. The van der Waals surface area contributed by atoms with Gasteiger partial charge >= 0.3 is 5.97 Å². The van der Waals surface area contributed by atoms with Crippen molar-refractivity contribution in [3.8, 4) is 5.75 Å². The van der Waals surface area contributed by atoms with E-state index in [9.17, 15) is 4.79 Å². The summed E-state index contributed by atoms with van der Waals surface area (Å²) in [4.78, 5) is 12.7. The number of carbonyl (C=O) groups excluding carboxylic acids is 1. The Balaban J connectivity index is 1.56. The maximum atomic E-state index is 12.7. The van der Waals surface area contributed by atoms with Crippen LogP contribution in [0.1, 0.15) is 27.0 Å². The van der Waals surface area contributed by atoms with Gasteiger partial charge < -0.3 is 10.1 Å². The van der Waals surface area contributed by atoms with Crippen molar-refractivity contribution in [2.24, 2.45) is 5.10 Å². The zero-order valence-electron chi connectivity index (χ0n) is 18.3. The van der Waals surface area contributed by atoms with Gasteiger partial charge in [0.25, 0.3) is 0 Å². The quantitative estimate of drug-likeness (QED) is 0.128. The van der Waals surface area contributed by atoms with Gasteiger partial charge in [0.05, 0.1) is 11.8 Å². The molecule has 0 saturated carbocycles. The number of fused-ring (bicyclic) bond motifs is 1. The average Bonchev–Trinajstić information content (AvgIpc) is 2.80. The monoisotopic (exact) mass is 453 g/mol. The van der Waals surface area contributed by atoms with Gasteiger partial charge in [-0.3, -0.25) is 5.43 Å². The minimum Gasteiger partial charge on any atom is -0.422 e. The van der Waals surface area contributed by atoms with Crippen LogP contribution in [0.3, 0.4) is 0 Å². The number of ether oxygens (including phenoxy) is 1. The Bertz CT molecular complexity index is 1350. The number of nitrogens with zero attached hydrogens (tertiary/aromatic N) is 1. The molecule has 4 rings (SSSR count). The Kier molecular flexibility index (Phi) is 6.76. The predicted molar refractivity (Wildman–Crippen MR) is 138 cm³/mol. The summed E-state index contributed by atoms with van der Waals surface area (Å²) >= 11 is 5.35. The van der Waals surface area contributed by atoms with Gasteiger partial charge in [-0.2, -0.15) is 5.10 Å². The van der Waals surface area contributed by atoms with Gasteiger partial charge in [-0.25, -0.2) is 4.79 Å². The lowest BCUT2D eigenvalue weighted by molar-refractivity contribution is 0.0734. The fourth-order valence-electron chi connectivity index (χ4n) is 3.38. The van der Waals surface area contributed by atoms with E-state index in [1.165, 1.54) is 0 Å². The third-order valence-electron chi connectivity index (χ3n) is 5.06. The molecule has 0 bridgehead atoms. The smallest absolute Gasteiger partial charge is 0.343 e. The third-order valence-corrected chi connectivity index (χ3v) is 5.25. The molecule has 5 nitrogen and oxygen atoms in total. The molecule has 0 saturated heterocycles. The fraction of sp³-hybridized carbons (Fsp3) is 0.0741. The number of thiocarbonyl (C=S) groups is 1. The van der Waals surface area contributed by atoms with Crippen molar-refractivity contribution in [3.05, 3.63) is 107 Å². The molecule has 0 aliphatic rings. The largest absolute Gasteiger partial charge is 0.422 e. The molecule has 6 heteroatoms. The van der Waals surface area contributed by atoms with Crippen molar-refractivity contribution >= 4 is 46.0 Å². The van der Waals surface area contributed by atoms with Crippen molar-refractivity contribution in [3.63, 3.8) is 0 Å². The van der Waals surface area contributed by atoms with Crippen molar-refractivity contribution in [1.29, 1.82) is 0 Å². The minimum atomic E-state index is -0.426. The standard InChI is InChI=1S/C27H23N3O2S/c1-18-10-12-21(13-11-18)26(31)32-25-15-14-20-7-3-4-9-23(20)24(25)17-28-30-27(33)29-22-8-5-6-19(2)16-22/h3-17H,1-2H3,(H2,29,30,33). The van der Waals surface area contributed by atoms with Crippen LogP contribution >= 0.6 is 12.2 Å². The molecule has 33 heavy (non-hydrogen) atoms. The number of esters is 1. The summed E-state index contributed by atoms with van der Waals surface area (Å²) in [6, 6.07) is 26.7. The first-order valence-corrected chi connectivity index (χ1v) is 10.9. The van der Waals surface area contributed by atoms with Gasteiger partial charge in [0.2, 0.25) is 0 Å². The number of rotatable bonds is 5. The molecule has 164 valence electrons. The summed E-state index contributed by atoms with van der Waals surface area (Å²) < 4.78 is 5.74. The molecule has 4 aromatic rings. The zero-order valence-corrected chi connectivity index (χ0v) is 19.1. The average molecular weight is 454 g/mol. The maximum absolute atomic E-state index is 12.7.